The molecule has 0 bridgehead atoms. The predicted molar refractivity (Wildman–Crippen MR) is 132 cm³/mol. The van der Waals surface area contributed by atoms with Gasteiger partial charge in [-0.05, 0) is 66.1 Å². The Hall–Kier alpha value is -3.97. The molecule has 1 atom stereocenters. The molecule has 8 heteroatoms. The van der Waals surface area contributed by atoms with Gasteiger partial charge in [0.05, 0.1) is 25.8 Å². The molecule has 35 heavy (non-hydrogen) atoms. The molecule has 180 valence electrons. The molecule has 1 fully saturated rings. The molecule has 1 saturated heterocycles. The second kappa shape index (κ2) is 10.1. The number of amides is 1. The molecule has 1 amide bonds. The normalized spacial score (nSPS) is 17.0. The van der Waals surface area contributed by atoms with E-state index in [2.05, 4.69) is 0 Å². The Bertz CT molecular complexity index is 1280. The van der Waals surface area contributed by atoms with Gasteiger partial charge in [-0.3, -0.25) is 9.59 Å². The molecule has 1 aliphatic heterocycles. The molecule has 2 N–H and O–H groups in total. The van der Waals surface area contributed by atoms with Crippen molar-refractivity contribution in [3.63, 3.8) is 0 Å². The van der Waals surface area contributed by atoms with Crippen LogP contribution in [-0.4, -0.2) is 47.6 Å². The van der Waals surface area contributed by atoms with Crippen LogP contribution in [0.2, 0.25) is 5.02 Å². The Morgan fingerprint density at radius 1 is 0.943 bits per heavy atom. The summed E-state index contributed by atoms with van der Waals surface area (Å²) >= 11 is 5.96. The molecule has 0 spiro atoms. The number of aliphatic hydroxyl groups excluding tert-OH is 1. The number of nitrogens with zero attached hydrogens (tertiary/aromatic N) is 1. The number of carbonyl (C=O) groups is 2. The first-order chi connectivity index (χ1) is 16.8. The fourth-order valence-corrected chi connectivity index (χ4v) is 4.29. The monoisotopic (exact) mass is 493 g/mol. The Kier molecular flexibility index (Phi) is 6.98. The van der Waals surface area contributed by atoms with Gasteiger partial charge in [-0.25, -0.2) is 0 Å². The summed E-state index contributed by atoms with van der Waals surface area (Å²) in [4.78, 5) is 27.7. The van der Waals surface area contributed by atoms with E-state index in [0.717, 1.165) is 5.56 Å². The van der Waals surface area contributed by atoms with E-state index in [1.807, 2.05) is 12.1 Å². The van der Waals surface area contributed by atoms with E-state index in [1.54, 1.807) is 56.7 Å². The average Bonchev–Trinajstić information content (AvgIpc) is 3.12. The molecule has 1 unspecified atom stereocenters. The summed E-state index contributed by atoms with van der Waals surface area (Å²) in [5.74, 6) is -0.573. The van der Waals surface area contributed by atoms with Crippen LogP contribution in [0.3, 0.4) is 0 Å². The molecule has 3 aromatic rings. The smallest absolute Gasteiger partial charge is 0.295 e. The average molecular weight is 494 g/mol. The fourth-order valence-electron chi connectivity index (χ4n) is 4.16. The predicted octanol–water partition coefficient (Wildman–Crippen LogP) is 4.73. The molecule has 7 nitrogen and oxygen atoms in total. The zero-order valence-corrected chi connectivity index (χ0v) is 20.0. The van der Waals surface area contributed by atoms with Crippen LogP contribution in [0.15, 0.2) is 72.3 Å². The number of phenols is 1. The molecule has 0 radical (unpaired) electrons. The van der Waals surface area contributed by atoms with Crippen LogP contribution in [0.25, 0.3) is 5.76 Å². The van der Waals surface area contributed by atoms with Crippen LogP contribution in [0, 0.1) is 0 Å². The van der Waals surface area contributed by atoms with E-state index in [0.29, 0.717) is 34.1 Å². The quantitative estimate of drug-likeness (QED) is 0.281. The number of aromatic hydroxyl groups is 1. The van der Waals surface area contributed by atoms with Gasteiger partial charge in [0, 0.05) is 17.1 Å². The summed E-state index contributed by atoms with van der Waals surface area (Å²) in [6.45, 7) is 0.211. The van der Waals surface area contributed by atoms with Crippen molar-refractivity contribution in [3.05, 3.63) is 94.0 Å². The highest BCUT2D eigenvalue weighted by atomic mass is 35.5. The van der Waals surface area contributed by atoms with E-state index in [9.17, 15) is 19.8 Å². The first-order valence-corrected chi connectivity index (χ1v) is 11.3. The number of phenolic OH excluding ortho intramolecular Hbond substituents is 1. The molecule has 4 rings (SSSR count). The van der Waals surface area contributed by atoms with Crippen LogP contribution in [-0.2, 0) is 16.0 Å². The van der Waals surface area contributed by atoms with Crippen LogP contribution in [0.1, 0.15) is 22.7 Å². The highest BCUT2D eigenvalue weighted by Gasteiger charge is 2.45. The number of aliphatic hydroxyl groups is 1. The minimum atomic E-state index is -0.827. The summed E-state index contributed by atoms with van der Waals surface area (Å²) in [7, 11) is 3.09. The highest BCUT2D eigenvalue weighted by Crippen LogP contribution is 2.40. The van der Waals surface area contributed by atoms with Gasteiger partial charge in [-0.1, -0.05) is 29.8 Å². The number of benzene rings is 3. The van der Waals surface area contributed by atoms with Gasteiger partial charge in [0.1, 0.15) is 11.5 Å². The Labute approximate surface area is 207 Å². The third-order valence-electron chi connectivity index (χ3n) is 5.96. The van der Waals surface area contributed by atoms with Gasteiger partial charge in [-0.2, -0.15) is 0 Å². The molecule has 0 saturated carbocycles. The summed E-state index contributed by atoms with van der Waals surface area (Å²) in [5.41, 5.74) is 1.82. The molecule has 0 aliphatic carbocycles. The molecular weight excluding hydrogens is 470 g/mol. The SMILES string of the molecule is COc1ccc(CCN2C(=O)C(=O)/C(=C(/O)c3ccc(Cl)cc3)C2c2ccc(O)cc2)cc1OC. The fraction of sp³-hybridized carbons (Fsp3) is 0.185. The third-order valence-corrected chi connectivity index (χ3v) is 6.21. The third kappa shape index (κ3) is 4.81. The van der Waals surface area contributed by atoms with Crippen molar-refractivity contribution in [1.29, 1.82) is 0 Å². The van der Waals surface area contributed by atoms with Crippen molar-refractivity contribution >= 4 is 29.1 Å². The van der Waals surface area contributed by atoms with Crippen molar-refractivity contribution in [3.8, 4) is 17.2 Å². The van der Waals surface area contributed by atoms with Crippen LogP contribution >= 0.6 is 11.6 Å². The second-order valence-corrected chi connectivity index (χ2v) is 8.47. The number of rotatable bonds is 7. The van der Waals surface area contributed by atoms with Gasteiger partial charge in [0.15, 0.2) is 11.5 Å². The topological polar surface area (TPSA) is 96.3 Å². The lowest BCUT2D eigenvalue weighted by Crippen LogP contribution is -2.31. The first-order valence-electron chi connectivity index (χ1n) is 10.9. The number of methoxy groups -OCH3 is 2. The summed E-state index contributed by atoms with van der Waals surface area (Å²) < 4.78 is 10.6. The number of halogens is 1. The van der Waals surface area contributed by atoms with Crippen molar-refractivity contribution in [2.75, 3.05) is 20.8 Å². The van der Waals surface area contributed by atoms with Crippen molar-refractivity contribution in [1.82, 2.24) is 4.90 Å². The van der Waals surface area contributed by atoms with Gasteiger partial charge < -0.3 is 24.6 Å². The molecule has 1 heterocycles. The van der Waals surface area contributed by atoms with E-state index < -0.39 is 17.7 Å². The van der Waals surface area contributed by atoms with Crippen molar-refractivity contribution in [2.24, 2.45) is 0 Å². The minimum Gasteiger partial charge on any atom is -0.508 e. The van der Waals surface area contributed by atoms with E-state index in [-0.39, 0.29) is 23.6 Å². The van der Waals surface area contributed by atoms with Crippen LogP contribution in [0.5, 0.6) is 17.2 Å². The molecular formula is C27H24ClNO6. The van der Waals surface area contributed by atoms with Gasteiger partial charge in [0.2, 0.25) is 0 Å². The standard InChI is InChI=1S/C27H24ClNO6/c1-34-21-12-3-16(15-22(21)35-2)13-14-29-24(17-6-10-20(30)11-7-17)23(26(32)27(29)33)25(31)18-4-8-19(28)9-5-18/h3-12,15,24,30-31H,13-14H2,1-2H3/b25-23+. The maximum atomic E-state index is 13.1. The Morgan fingerprint density at radius 2 is 1.60 bits per heavy atom. The second-order valence-electron chi connectivity index (χ2n) is 8.03. The molecule has 1 aliphatic rings. The molecule has 0 aromatic heterocycles. The lowest BCUT2D eigenvalue weighted by molar-refractivity contribution is -0.139. The summed E-state index contributed by atoms with van der Waals surface area (Å²) in [6.07, 6.45) is 0.433. The minimum absolute atomic E-state index is 0.0182. The van der Waals surface area contributed by atoms with E-state index in [4.69, 9.17) is 21.1 Å². The molecule has 3 aromatic carbocycles. The summed E-state index contributed by atoms with van der Waals surface area (Å²) in [6, 6.07) is 17.2. The number of ether oxygens (including phenoxy) is 2. The van der Waals surface area contributed by atoms with Gasteiger partial charge in [-0.15, -0.1) is 0 Å². The Morgan fingerprint density at radius 3 is 2.23 bits per heavy atom. The van der Waals surface area contributed by atoms with Crippen molar-refractivity contribution < 1.29 is 29.3 Å². The zero-order valence-electron chi connectivity index (χ0n) is 19.2. The highest BCUT2D eigenvalue weighted by molar-refractivity contribution is 6.46. The lowest BCUT2D eigenvalue weighted by atomic mass is 9.95. The lowest BCUT2D eigenvalue weighted by Gasteiger charge is -2.25. The van der Waals surface area contributed by atoms with E-state index in [1.165, 1.54) is 17.0 Å². The van der Waals surface area contributed by atoms with Crippen LogP contribution < -0.4 is 9.47 Å². The summed E-state index contributed by atoms with van der Waals surface area (Å²) in [5, 5.41) is 21.3. The van der Waals surface area contributed by atoms with Crippen molar-refractivity contribution in [2.45, 2.75) is 12.5 Å². The van der Waals surface area contributed by atoms with Crippen LogP contribution in [0.4, 0.5) is 0 Å². The number of likely N-dealkylation sites (tertiary alicyclic amines) is 1. The number of hydrogen-bond acceptors (Lipinski definition) is 6. The maximum Gasteiger partial charge on any atom is 0.295 e. The number of hydrogen-bond donors (Lipinski definition) is 2. The van der Waals surface area contributed by atoms with Gasteiger partial charge >= 0.3 is 0 Å². The number of carbonyl (C=O) groups excluding carboxylic acids is 2. The maximum absolute atomic E-state index is 13.1. The largest absolute Gasteiger partial charge is 0.508 e. The first kappa shape index (κ1) is 24.2. The number of Topliss-reactive ketones (excluding diaryl/α,β-unsaturated/α-hetero) is 1. The zero-order chi connectivity index (χ0) is 25.1. The number of ketones is 1. The van der Waals surface area contributed by atoms with E-state index >= 15 is 0 Å². The van der Waals surface area contributed by atoms with Gasteiger partial charge in [0.25, 0.3) is 11.7 Å². The Balaban J connectivity index is 1.73.